The lowest BCUT2D eigenvalue weighted by Crippen LogP contribution is -2.46. The molecule has 154 valence electrons. The molecule has 0 unspecified atom stereocenters. The highest BCUT2D eigenvalue weighted by Gasteiger charge is 2.21. The molecule has 7 nitrogen and oxygen atoms in total. The van der Waals surface area contributed by atoms with E-state index in [0.29, 0.717) is 13.3 Å². The van der Waals surface area contributed by atoms with Crippen molar-refractivity contribution in [3.05, 3.63) is 60.7 Å². The Bertz CT molecular complexity index is 1060. The maximum atomic E-state index is 5.50. The molecule has 1 aromatic heterocycles. The van der Waals surface area contributed by atoms with Crippen molar-refractivity contribution >= 4 is 22.7 Å². The molecule has 0 amide bonds. The maximum absolute atomic E-state index is 5.50. The van der Waals surface area contributed by atoms with Crippen molar-refractivity contribution in [2.45, 2.75) is 6.54 Å². The van der Waals surface area contributed by atoms with Gasteiger partial charge in [-0.2, -0.15) is 4.98 Å². The van der Waals surface area contributed by atoms with Crippen LogP contribution < -0.4 is 19.7 Å². The molecule has 0 bridgehead atoms. The third-order valence-electron chi connectivity index (χ3n) is 5.50. The number of piperazine rings is 1. The average molecular weight is 403 g/mol. The number of nitrogens with zero attached hydrogens (tertiary/aromatic N) is 4. The van der Waals surface area contributed by atoms with E-state index in [1.54, 1.807) is 0 Å². The molecule has 2 aliphatic heterocycles. The number of hydrogen-bond donors (Lipinski definition) is 1. The second-order valence-corrected chi connectivity index (χ2v) is 7.51. The fourth-order valence-electron chi connectivity index (χ4n) is 3.91. The Morgan fingerprint density at radius 3 is 2.70 bits per heavy atom. The van der Waals surface area contributed by atoms with Crippen molar-refractivity contribution in [2.24, 2.45) is 0 Å². The third-order valence-corrected chi connectivity index (χ3v) is 5.50. The number of rotatable bonds is 6. The molecule has 3 aromatic rings. The predicted octanol–water partition coefficient (Wildman–Crippen LogP) is 3.28. The molecule has 0 radical (unpaired) electrons. The van der Waals surface area contributed by atoms with Gasteiger partial charge >= 0.3 is 0 Å². The van der Waals surface area contributed by atoms with Crippen molar-refractivity contribution in [3.8, 4) is 11.5 Å². The van der Waals surface area contributed by atoms with Gasteiger partial charge in [-0.3, -0.25) is 4.90 Å². The monoisotopic (exact) mass is 403 g/mol. The average Bonchev–Trinajstić information content (AvgIpc) is 3.26. The number of para-hydroxylation sites is 1. The molecule has 1 N–H and O–H groups in total. The maximum Gasteiger partial charge on any atom is 0.231 e. The molecule has 7 heteroatoms. The second kappa shape index (κ2) is 8.20. The van der Waals surface area contributed by atoms with Gasteiger partial charge in [0.05, 0.1) is 5.52 Å². The van der Waals surface area contributed by atoms with Crippen molar-refractivity contribution in [3.63, 3.8) is 0 Å². The van der Waals surface area contributed by atoms with Crippen molar-refractivity contribution in [1.82, 2.24) is 14.9 Å². The number of benzene rings is 2. The zero-order valence-corrected chi connectivity index (χ0v) is 16.9. The quantitative estimate of drug-likeness (QED) is 0.634. The third kappa shape index (κ3) is 3.76. The zero-order valence-electron chi connectivity index (χ0n) is 16.9. The van der Waals surface area contributed by atoms with E-state index in [4.69, 9.17) is 19.4 Å². The first-order valence-corrected chi connectivity index (χ1v) is 10.3. The largest absolute Gasteiger partial charge is 0.454 e. The minimum atomic E-state index is 0.312. The Balaban J connectivity index is 1.28. The van der Waals surface area contributed by atoms with Crippen LogP contribution in [0.25, 0.3) is 10.9 Å². The minimum absolute atomic E-state index is 0.312. The minimum Gasteiger partial charge on any atom is -0.454 e. The van der Waals surface area contributed by atoms with Gasteiger partial charge in [0.2, 0.25) is 12.7 Å². The normalized spacial score (nSPS) is 16.1. The first-order chi connectivity index (χ1) is 14.8. The highest BCUT2D eigenvalue weighted by molar-refractivity contribution is 5.90. The Hall–Kier alpha value is -3.32. The fraction of sp³-hybridized carbons (Fsp3) is 0.304. The molecule has 1 fully saturated rings. The lowest BCUT2D eigenvalue weighted by atomic mass is 10.1. The van der Waals surface area contributed by atoms with E-state index in [2.05, 4.69) is 33.8 Å². The molecule has 2 aliphatic rings. The molecule has 1 saturated heterocycles. The van der Waals surface area contributed by atoms with E-state index >= 15 is 0 Å². The lowest BCUT2D eigenvalue weighted by Gasteiger charge is -2.35. The topological polar surface area (TPSA) is 62.8 Å². The van der Waals surface area contributed by atoms with Gasteiger partial charge in [-0.1, -0.05) is 24.3 Å². The summed E-state index contributed by atoms with van der Waals surface area (Å²) in [5.74, 6) is 3.31. The van der Waals surface area contributed by atoms with Crippen molar-refractivity contribution in [2.75, 3.05) is 49.7 Å². The standard InChI is InChI=1S/C23H25N5O2/c1-2-9-24-22-18-5-3-4-6-19(18)25-23(26-22)28-12-10-27(11-13-28)15-17-7-8-20-21(14-17)30-16-29-20/h2-8,14H,1,9-13,15-16H2,(H,24,25,26). The number of anilines is 2. The van der Waals surface area contributed by atoms with Gasteiger partial charge in [0.25, 0.3) is 0 Å². The molecule has 2 aromatic carbocycles. The number of fused-ring (bicyclic) bond motifs is 2. The highest BCUT2D eigenvalue weighted by atomic mass is 16.7. The Morgan fingerprint density at radius 2 is 1.83 bits per heavy atom. The first-order valence-electron chi connectivity index (χ1n) is 10.3. The van der Waals surface area contributed by atoms with Crippen LogP contribution in [0.4, 0.5) is 11.8 Å². The van der Waals surface area contributed by atoms with Crippen LogP contribution in [0.2, 0.25) is 0 Å². The Labute approximate surface area is 175 Å². The summed E-state index contributed by atoms with van der Waals surface area (Å²) in [4.78, 5) is 14.3. The number of aromatic nitrogens is 2. The lowest BCUT2D eigenvalue weighted by molar-refractivity contribution is 0.174. The van der Waals surface area contributed by atoms with E-state index in [9.17, 15) is 0 Å². The van der Waals surface area contributed by atoms with Crippen LogP contribution >= 0.6 is 0 Å². The first kappa shape index (κ1) is 18.7. The summed E-state index contributed by atoms with van der Waals surface area (Å²) in [6.45, 7) is 9.38. The van der Waals surface area contributed by atoms with Gasteiger partial charge in [-0.15, -0.1) is 6.58 Å². The Morgan fingerprint density at radius 1 is 1.00 bits per heavy atom. The highest BCUT2D eigenvalue weighted by Crippen LogP contribution is 2.33. The second-order valence-electron chi connectivity index (χ2n) is 7.51. The molecule has 0 atom stereocenters. The number of ether oxygens (including phenoxy) is 2. The van der Waals surface area contributed by atoms with Gasteiger partial charge in [0, 0.05) is 44.7 Å². The van der Waals surface area contributed by atoms with Gasteiger partial charge in [-0.05, 0) is 29.8 Å². The van der Waals surface area contributed by atoms with Crippen LogP contribution in [0, 0.1) is 0 Å². The van der Waals surface area contributed by atoms with Crippen LogP contribution in [0.15, 0.2) is 55.1 Å². The van der Waals surface area contributed by atoms with Crippen LogP contribution in [-0.2, 0) is 6.54 Å². The molecule has 0 saturated carbocycles. The molecule has 30 heavy (non-hydrogen) atoms. The predicted molar refractivity (Wildman–Crippen MR) is 118 cm³/mol. The van der Waals surface area contributed by atoms with Gasteiger partial charge < -0.3 is 19.7 Å². The van der Waals surface area contributed by atoms with Gasteiger partial charge in [0.1, 0.15) is 5.82 Å². The van der Waals surface area contributed by atoms with Crippen LogP contribution in [0.3, 0.4) is 0 Å². The van der Waals surface area contributed by atoms with E-state index < -0.39 is 0 Å². The summed E-state index contributed by atoms with van der Waals surface area (Å²) in [5, 5.41) is 4.38. The van der Waals surface area contributed by atoms with Crippen LogP contribution in [0.1, 0.15) is 5.56 Å². The summed E-state index contributed by atoms with van der Waals surface area (Å²) < 4.78 is 10.9. The zero-order chi connectivity index (χ0) is 20.3. The van der Waals surface area contributed by atoms with E-state index in [-0.39, 0.29) is 0 Å². The van der Waals surface area contributed by atoms with Crippen LogP contribution in [-0.4, -0.2) is 54.4 Å². The summed E-state index contributed by atoms with van der Waals surface area (Å²) >= 11 is 0. The van der Waals surface area contributed by atoms with Gasteiger partial charge in [-0.25, -0.2) is 4.98 Å². The van der Waals surface area contributed by atoms with Crippen LogP contribution in [0.5, 0.6) is 11.5 Å². The van der Waals surface area contributed by atoms with E-state index in [1.165, 1.54) is 5.56 Å². The summed E-state index contributed by atoms with van der Waals surface area (Å²) in [7, 11) is 0. The molecule has 0 aliphatic carbocycles. The SMILES string of the molecule is C=CCNc1nc(N2CCN(Cc3ccc4c(c3)OCO4)CC2)nc2ccccc12. The fourth-order valence-corrected chi connectivity index (χ4v) is 3.91. The number of hydrogen-bond acceptors (Lipinski definition) is 7. The smallest absolute Gasteiger partial charge is 0.231 e. The van der Waals surface area contributed by atoms with Gasteiger partial charge in [0.15, 0.2) is 11.5 Å². The molecule has 5 rings (SSSR count). The Kier molecular flexibility index (Phi) is 5.11. The summed E-state index contributed by atoms with van der Waals surface area (Å²) in [5.41, 5.74) is 2.20. The number of nitrogens with one attached hydrogen (secondary N) is 1. The summed E-state index contributed by atoms with van der Waals surface area (Å²) in [6.07, 6.45) is 1.84. The van der Waals surface area contributed by atoms with E-state index in [0.717, 1.165) is 66.9 Å². The van der Waals surface area contributed by atoms with E-state index in [1.807, 2.05) is 36.4 Å². The van der Waals surface area contributed by atoms with Crippen molar-refractivity contribution < 1.29 is 9.47 Å². The molecular weight excluding hydrogens is 378 g/mol. The van der Waals surface area contributed by atoms with Crippen molar-refractivity contribution in [1.29, 1.82) is 0 Å². The summed E-state index contributed by atoms with van der Waals surface area (Å²) in [6, 6.07) is 14.3. The molecule has 3 heterocycles. The molecule has 0 spiro atoms. The molecular formula is C23H25N5O2.